The van der Waals surface area contributed by atoms with E-state index < -0.39 is 10.0 Å². The maximum absolute atomic E-state index is 12.2. The predicted octanol–water partition coefficient (Wildman–Crippen LogP) is 0.769. The molecule has 1 aliphatic rings. The van der Waals surface area contributed by atoms with Gasteiger partial charge in [-0.2, -0.15) is 13.5 Å². The maximum atomic E-state index is 12.2. The zero-order chi connectivity index (χ0) is 14.9. The zero-order valence-electron chi connectivity index (χ0n) is 11.6. The summed E-state index contributed by atoms with van der Waals surface area (Å²) in [5.41, 5.74) is 0.437. The molecule has 0 aliphatic carbocycles. The molecular weight excluding hydrogens is 294 g/mol. The first-order valence-corrected chi connectivity index (χ1v) is 8.15. The number of sulfonamides is 1. The fourth-order valence-electron chi connectivity index (χ4n) is 2.28. The van der Waals surface area contributed by atoms with E-state index >= 15 is 0 Å². The number of anilines is 1. The van der Waals surface area contributed by atoms with E-state index in [-0.39, 0.29) is 11.1 Å². The van der Waals surface area contributed by atoms with Crippen LogP contribution in [0.15, 0.2) is 29.9 Å². The second kappa shape index (κ2) is 5.49. The van der Waals surface area contributed by atoms with Crippen molar-refractivity contribution in [2.45, 2.75) is 23.9 Å². The molecule has 1 saturated heterocycles. The Kier molecular flexibility index (Phi) is 3.68. The van der Waals surface area contributed by atoms with Gasteiger partial charge in [-0.05, 0) is 12.8 Å². The smallest absolute Gasteiger partial charge is 0.281 e. The maximum Gasteiger partial charge on any atom is 0.281 e. The summed E-state index contributed by atoms with van der Waals surface area (Å²) in [6.07, 6.45) is 7.87. The van der Waals surface area contributed by atoms with E-state index in [4.69, 9.17) is 4.74 Å². The molecule has 114 valence electrons. The summed E-state index contributed by atoms with van der Waals surface area (Å²) in [5.74, 6) is 0. The van der Waals surface area contributed by atoms with Gasteiger partial charge in [-0.15, -0.1) is 0 Å². The molecule has 8 nitrogen and oxygen atoms in total. The minimum absolute atomic E-state index is 0.0104. The molecule has 0 spiro atoms. The molecule has 2 aromatic rings. The summed E-state index contributed by atoms with van der Waals surface area (Å²) in [4.78, 5) is 3.85. The number of aryl methyl sites for hydroxylation is 1. The molecule has 1 N–H and O–H groups in total. The van der Waals surface area contributed by atoms with Crippen LogP contribution >= 0.6 is 0 Å². The first kappa shape index (κ1) is 14.1. The van der Waals surface area contributed by atoms with Gasteiger partial charge in [-0.25, -0.2) is 4.98 Å². The Morgan fingerprint density at radius 1 is 1.33 bits per heavy atom. The van der Waals surface area contributed by atoms with E-state index in [1.54, 1.807) is 22.5 Å². The third-order valence-electron chi connectivity index (χ3n) is 3.38. The van der Waals surface area contributed by atoms with E-state index in [1.807, 2.05) is 0 Å². The molecule has 0 atom stereocenters. The third kappa shape index (κ3) is 3.08. The van der Waals surface area contributed by atoms with Crippen LogP contribution in [0.5, 0.6) is 0 Å². The minimum atomic E-state index is -3.67. The van der Waals surface area contributed by atoms with Crippen LogP contribution in [0.2, 0.25) is 0 Å². The van der Waals surface area contributed by atoms with Crippen molar-refractivity contribution in [2.75, 3.05) is 17.9 Å². The second-order valence-corrected chi connectivity index (χ2v) is 6.66. The number of ether oxygens (including phenoxy) is 1. The molecule has 3 rings (SSSR count). The van der Waals surface area contributed by atoms with E-state index in [9.17, 15) is 8.42 Å². The van der Waals surface area contributed by atoms with Gasteiger partial charge in [-0.3, -0.25) is 9.40 Å². The van der Waals surface area contributed by atoms with Gasteiger partial charge < -0.3 is 9.30 Å². The highest BCUT2D eigenvalue weighted by atomic mass is 32.2. The van der Waals surface area contributed by atoms with Crippen molar-refractivity contribution in [3.8, 4) is 0 Å². The number of hydrogen-bond acceptors (Lipinski definition) is 5. The van der Waals surface area contributed by atoms with E-state index in [0.717, 1.165) is 12.8 Å². The molecular formula is C12H17N5O3S. The molecule has 0 radical (unpaired) electrons. The van der Waals surface area contributed by atoms with Crippen molar-refractivity contribution in [2.24, 2.45) is 7.05 Å². The van der Waals surface area contributed by atoms with Crippen LogP contribution in [-0.4, -0.2) is 41.0 Å². The lowest BCUT2D eigenvalue weighted by Crippen LogP contribution is -2.19. The van der Waals surface area contributed by atoms with Crippen molar-refractivity contribution in [1.29, 1.82) is 0 Å². The molecule has 3 heterocycles. The fraction of sp³-hybridized carbons (Fsp3) is 0.500. The average Bonchev–Trinajstić information content (AvgIpc) is 3.09. The van der Waals surface area contributed by atoms with Crippen LogP contribution in [0.4, 0.5) is 5.69 Å². The van der Waals surface area contributed by atoms with Crippen LogP contribution in [0.3, 0.4) is 0 Å². The molecule has 2 aromatic heterocycles. The van der Waals surface area contributed by atoms with Gasteiger partial charge in [0.2, 0.25) is 0 Å². The normalized spacial score (nSPS) is 17.0. The summed E-state index contributed by atoms with van der Waals surface area (Å²) >= 11 is 0. The van der Waals surface area contributed by atoms with Crippen molar-refractivity contribution in [3.63, 3.8) is 0 Å². The molecule has 21 heavy (non-hydrogen) atoms. The summed E-state index contributed by atoms with van der Waals surface area (Å²) in [6, 6.07) is 0.256. The average molecular weight is 311 g/mol. The molecule has 0 saturated carbocycles. The Morgan fingerprint density at radius 3 is 2.76 bits per heavy atom. The lowest BCUT2D eigenvalue weighted by Gasteiger charge is -2.22. The highest BCUT2D eigenvalue weighted by Gasteiger charge is 2.20. The highest BCUT2D eigenvalue weighted by Crippen LogP contribution is 2.22. The van der Waals surface area contributed by atoms with Gasteiger partial charge >= 0.3 is 0 Å². The zero-order valence-corrected chi connectivity index (χ0v) is 12.5. The van der Waals surface area contributed by atoms with Crippen molar-refractivity contribution in [3.05, 3.63) is 24.9 Å². The van der Waals surface area contributed by atoms with Crippen molar-refractivity contribution in [1.82, 2.24) is 19.3 Å². The molecule has 1 fully saturated rings. The summed E-state index contributed by atoms with van der Waals surface area (Å²) in [5, 5.41) is 4.22. The van der Waals surface area contributed by atoms with Crippen LogP contribution < -0.4 is 4.72 Å². The lowest BCUT2D eigenvalue weighted by atomic mass is 10.1. The van der Waals surface area contributed by atoms with Gasteiger partial charge in [0, 0.05) is 32.7 Å². The number of nitrogens with zero attached hydrogens (tertiary/aromatic N) is 4. The number of nitrogens with one attached hydrogen (secondary N) is 1. The van der Waals surface area contributed by atoms with Gasteiger partial charge in [0.05, 0.1) is 24.3 Å². The first-order valence-electron chi connectivity index (χ1n) is 6.67. The van der Waals surface area contributed by atoms with Gasteiger partial charge in [-0.1, -0.05) is 0 Å². The summed E-state index contributed by atoms with van der Waals surface area (Å²) in [6.45, 7) is 1.42. The number of hydrogen-bond donors (Lipinski definition) is 1. The molecule has 0 bridgehead atoms. The molecule has 1 aliphatic heterocycles. The van der Waals surface area contributed by atoms with Gasteiger partial charge in [0.25, 0.3) is 10.0 Å². The number of aromatic nitrogens is 4. The minimum Gasteiger partial charge on any atom is -0.381 e. The predicted molar refractivity (Wildman–Crippen MR) is 75.3 cm³/mol. The Labute approximate surface area is 122 Å². The van der Waals surface area contributed by atoms with E-state index in [1.165, 1.54) is 18.7 Å². The Balaban J connectivity index is 1.74. The number of rotatable bonds is 4. The SMILES string of the molecule is Cn1cnc(S(=O)(=O)Nc2cnn(C3CCOCC3)c2)c1. The lowest BCUT2D eigenvalue weighted by molar-refractivity contribution is 0.0662. The fourth-order valence-corrected chi connectivity index (χ4v) is 3.29. The largest absolute Gasteiger partial charge is 0.381 e. The Bertz CT molecular complexity index is 715. The topological polar surface area (TPSA) is 91.0 Å². The standard InChI is InChI=1S/C12H17N5O3S/c1-16-8-12(13-9-16)21(18,19)15-10-6-14-17(7-10)11-2-4-20-5-3-11/h6-9,11,15H,2-5H2,1H3. The molecule has 0 unspecified atom stereocenters. The van der Waals surface area contributed by atoms with Crippen LogP contribution in [0.1, 0.15) is 18.9 Å². The molecule has 0 aromatic carbocycles. The highest BCUT2D eigenvalue weighted by molar-refractivity contribution is 7.92. The first-order chi connectivity index (χ1) is 10.0. The van der Waals surface area contributed by atoms with E-state index in [0.29, 0.717) is 18.9 Å². The van der Waals surface area contributed by atoms with Crippen LogP contribution in [0.25, 0.3) is 0 Å². The number of imidazole rings is 1. The van der Waals surface area contributed by atoms with Gasteiger partial charge in [0.1, 0.15) is 0 Å². The third-order valence-corrected chi connectivity index (χ3v) is 4.64. The molecule has 0 amide bonds. The van der Waals surface area contributed by atoms with Crippen LogP contribution in [0, 0.1) is 0 Å². The molecule has 9 heteroatoms. The van der Waals surface area contributed by atoms with Crippen LogP contribution in [-0.2, 0) is 21.8 Å². The van der Waals surface area contributed by atoms with Gasteiger partial charge in [0.15, 0.2) is 5.03 Å². The monoisotopic (exact) mass is 311 g/mol. The Hall–Kier alpha value is -1.87. The Morgan fingerprint density at radius 2 is 2.10 bits per heavy atom. The summed E-state index contributed by atoms with van der Waals surface area (Å²) < 4.78 is 35.5. The van der Waals surface area contributed by atoms with Crippen molar-refractivity contribution >= 4 is 15.7 Å². The van der Waals surface area contributed by atoms with Crippen molar-refractivity contribution < 1.29 is 13.2 Å². The second-order valence-electron chi connectivity index (χ2n) is 5.04. The quantitative estimate of drug-likeness (QED) is 0.900. The van der Waals surface area contributed by atoms with E-state index in [2.05, 4.69) is 14.8 Å². The summed E-state index contributed by atoms with van der Waals surface area (Å²) in [7, 11) is -1.95.